The molecule has 1 atom stereocenters. The van der Waals surface area contributed by atoms with Gasteiger partial charge >= 0.3 is 0 Å². The Morgan fingerprint density at radius 1 is 1.47 bits per heavy atom. The van der Waals surface area contributed by atoms with Gasteiger partial charge in [-0.3, -0.25) is 9.59 Å². The fraction of sp³-hybridized carbons (Fsp3) is 0.833. The summed E-state index contributed by atoms with van der Waals surface area (Å²) in [4.78, 5) is 25.2. The zero-order valence-corrected chi connectivity index (χ0v) is 11.5. The largest absolute Gasteiger partial charge is 0.344 e. The SMILES string of the molecule is CCCCN(C(=O)C(CS)NC(C)=O)C1CC1. The Morgan fingerprint density at radius 3 is 2.53 bits per heavy atom. The van der Waals surface area contributed by atoms with Crippen molar-refractivity contribution in [2.24, 2.45) is 0 Å². The Hall–Kier alpha value is -0.710. The molecule has 1 aliphatic rings. The number of nitrogens with one attached hydrogen (secondary N) is 1. The van der Waals surface area contributed by atoms with Gasteiger partial charge in [-0.05, 0) is 19.3 Å². The van der Waals surface area contributed by atoms with Crippen LogP contribution >= 0.6 is 12.6 Å². The minimum atomic E-state index is -0.478. The molecule has 2 amide bonds. The summed E-state index contributed by atoms with van der Waals surface area (Å²) >= 11 is 4.14. The molecule has 17 heavy (non-hydrogen) atoms. The van der Waals surface area contributed by atoms with Crippen LogP contribution in [0.15, 0.2) is 0 Å². The van der Waals surface area contributed by atoms with Crippen LogP contribution in [0.3, 0.4) is 0 Å². The van der Waals surface area contributed by atoms with Crippen molar-refractivity contribution >= 4 is 24.4 Å². The third-order valence-electron chi connectivity index (χ3n) is 2.88. The van der Waals surface area contributed by atoms with Gasteiger partial charge in [-0.2, -0.15) is 12.6 Å². The maximum Gasteiger partial charge on any atom is 0.246 e. The zero-order chi connectivity index (χ0) is 12.8. The van der Waals surface area contributed by atoms with Gasteiger partial charge in [0.05, 0.1) is 0 Å². The van der Waals surface area contributed by atoms with E-state index in [-0.39, 0.29) is 11.8 Å². The number of hydrogen-bond donors (Lipinski definition) is 2. The van der Waals surface area contributed by atoms with Crippen LogP contribution in [0.1, 0.15) is 39.5 Å². The molecule has 1 N–H and O–H groups in total. The molecule has 1 unspecified atom stereocenters. The van der Waals surface area contributed by atoms with Gasteiger partial charge in [0.15, 0.2) is 0 Å². The molecular formula is C12H22N2O2S. The lowest BCUT2D eigenvalue weighted by Crippen LogP contribution is -2.50. The van der Waals surface area contributed by atoms with E-state index in [0.29, 0.717) is 11.8 Å². The monoisotopic (exact) mass is 258 g/mol. The first-order valence-electron chi connectivity index (χ1n) is 6.28. The Kier molecular flexibility index (Phi) is 5.82. The van der Waals surface area contributed by atoms with Gasteiger partial charge in [0.2, 0.25) is 11.8 Å². The van der Waals surface area contributed by atoms with E-state index < -0.39 is 6.04 Å². The van der Waals surface area contributed by atoms with Crippen LogP contribution in [-0.4, -0.2) is 41.1 Å². The van der Waals surface area contributed by atoms with E-state index in [1.54, 1.807) is 0 Å². The molecule has 5 heteroatoms. The van der Waals surface area contributed by atoms with Gasteiger partial charge in [0.1, 0.15) is 6.04 Å². The molecule has 0 aromatic carbocycles. The Bertz CT molecular complexity index is 280. The van der Waals surface area contributed by atoms with Crippen molar-refractivity contribution in [1.29, 1.82) is 0 Å². The Balaban J connectivity index is 2.57. The molecule has 1 rings (SSSR count). The first-order valence-corrected chi connectivity index (χ1v) is 6.91. The van der Waals surface area contributed by atoms with Crippen LogP contribution in [0.5, 0.6) is 0 Å². The molecule has 0 radical (unpaired) electrons. The molecule has 1 fully saturated rings. The molecule has 0 heterocycles. The van der Waals surface area contributed by atoms with E-state index >= 15 is 0 Å². The lowest BCUT2D eigenvalue weighted by Gasteiger charge is -2.27. The molecule has 0 saturated heterocycles. The first-order chi connectivity index (χ1) is 8.10. The van der Waals surface area contributed by atoms with Gasteiger partial charge in [0, 0.05) is 25.3 Å². The van der Waals surface area contributed by atoms with Crippen LogP contribution in [0, 0.1) is 0 Å². The number of unbranched alkanes of at least 4 members (excludes halogenated alkanes) is 1. The molecule has 0 aliphatic heterocycles. The van der Waals surface area contributed by atoms with E-state index in [0.717, 1.165) is 32.2 Å². The summed E-state index contributed by atoms with van der Waals surface area (Å²) in [6.07, 6.45) is 4.27. The first kappa shape index (κ1) is 14.4. The molecule has 1 aliphatic carbocycles. The van der Waals surface area contributed by atoms with Gasteiger partial charge in [-0.15, -0.1) is 0 Å². The zero-order valence-electron chi connectivity index (χ0n) is 10.6. The van der Waals surface area contributed by atoms with E-state index in [1.807, 2.05) is 4.90 Å². The number of carbonyl (C=O) groups excluding carboxylic acids is 2. The van der Waals surface area contributed by atoms with Crippen LogP contribution < -0.4 is 5.32 Å². The average molecular weight is 258 g/mol. The highest BCUT2D eigenvalue weighted by Crippen LogP contribution is 2.27. The molecule has 98 valence electrons. The normalized spacial score (nSPS) is 16.4. The summed E-state index contributed by atoms with van der Waals surface area (Å²) in [7, 11) is 0. The smallest absolute Gasteiger partial charge is 0.246 e. The maximum atomic E-state index is 12.3. The minimum Gasteiger partial charge on any atom is -0.344 e. The maximum absolute atomic E-state index is 12.3. The number of nitrogens with zero attached hydrogens (tertiary/aromatic N) is 1. The summed E-state index contributed by atoms with van der Waals surface area (Å²) in [5.74, 6) is 0.197. The van der Waals surface area contributed by atoms with Crippen molar-refractivity contribution in [2.45, 2.75) is 51.6 Å². The third-order valence-corrected chi connectivity index (χ3v) is 3.25. The van der Waals surface area contributed by atoms with E-state index in [2.05, 4.69) is 24.9 Å². The Labute approximate surface area is 109 Å². The summed E-state index contributed by atoms with van der Waals surface area (Å²) in [6.45, 7) is 4.33. The van der Waals surface area contributed by atoms with Crippen LogP contribution in [0.25, 0.3) is 0 Å². The topological polar surface area (TPSA) is 49.4 Å². The predicted octanol–water partition coefficient (Wildman–Crippen LogP) is 1.21. The fourth-order valence-electron chi connectivity index (χ4n) is 1.82. The van der Waals surface area contributed by atoms with Crippen LogP contribution in [0.4, 0.5) is 0 Å². The number of hydrogen-bond acceptors (Lipinski definition) is 3. The van der Waals surface area contributed by atoms with Crippen molar-refractivity contribution in [2.75, 3.05) is 12.3 Å². The number of thiol groups is 1. The standard InChI is InChI=1S/C12H22N2O2S/c1-3-4-7-14(10-5-6-10)12(16)11(8-17)13-9(2)15/h10-11,17H,3-8H2,1-2H3,(H,13,15). The van der Waals surface area contributed by atoms with E-state index in [4.69, 9.17) is 0 Å². The summed E-state index contributed by atoms with van der Waals surface area (Å²) in [5.41, 5.74) is 0. The average Bonchev–Trinajstić information content (AvgIpc) is 3.10. The lowest BCUT2D eigenvalue weighted by molar-refractivity contribution is -0.136. The Morgan fingerprint density at radius 2 is 2.12 bits per heavy atom. The van der Waals surface area contributed by atoms with Crippen molar-refractivity contribution in [1.82, 2.24) is 10.2 Å². The highest BCUT2D eigenvalue weighted by molar-refractivity contribution is 7.80. The molecule has 0 aromatic rings. The van der Waals surface area contributed by atoms with E-state index in [1.165, 1.54) is 6.92 Å². The number of amides is 2. The quantitative estimate of drug-likeness (QED) is 0.674. The second-order valence-electron chi connectivity index (χ2n) is 4.55. The van der Waals surface area contributed by atoms with E-state index in [9.17, 15) is 9.59 Å². The van der Waals surface area contributed by atoms with Gasteiger partial charge in [-0.25, -0.2) is 0 Å². The van der Waals surface area contributed by atoms with Crippen LogP contribution in [-0.2, 0) is 9.59 Å². The second-order valence-corrected chi connectivity index (χ2v) is 4.92. The molecule has 0 bridgehead atoms. The summed E-state index contributed by atoms with van der Waals surface area (Å²) in [5, 5.41) is 2.66. The van der Waals surface area contributed by atoms with Crippen molar-refractivity contribution in [3.05, 3.63) is 0 Å². The molecule has 0 spiro atoms. The van der Waals surface area contributed by atoms with Gasteiger partial charge < -0.3 is 10.2 Å². The van der Waals surface area contributed by atoms with Gasteiger partial charge in [-0.1, -0.05) is 13.3 Å². The summed E-state index contributed by atoms with van der Waals surface area (Å²) in [6, 6.07) is -0.0847. The molecular weight excluding hydrogens is 236 g/mol. The van der Waals surface area contributed by atoms with Crippen molar-refractivity contribution in [3.8, 4) is 0 Å². The minimum absolute atomic E-state index is 0.0196. The fourth-order valence-corrected chi connectivity index (χ4v) is 2.07. The lowest BCUT2D eigenvalue weighted by atomic mass is 10.2. The van der Waals surface area contributed by atoms with Crippen LogP contribution in [0.2, 0.25) is 0 Å². The van der Waals surface area contributed by atoms with Crippen molar-refractivity contribution in [3.63, 3.8) is 0 Å². The second kappa shape index (κ2) is 6.89. The molecule has 4 nitrogen and oxygen atoms in total. The highest BCUT2D eigenvalue weighted by atomic mass is 32.1. The third kappa shape index (κ3) is 4.58. The van der Waals surface area contributed by atoms with Crippen molar-refractivity contribution < 1.29 is 9.59 Å². The summed E-state index contributed by atoms with van der Waals surface area (Å²) < 4.78 is 0. The molecule has 0 aromatic heterocycles. The highest BCUT2D eigenvalue weighted by Gasteiger charge is 2.35. The molecule has 1 saturated carbocycles. The number of carbonyl (C=O) groups is 2. The number of rotatable bonds is 7. The predicted molar refractivity (Wildman–Crippen MR) is 71.1 cm³/mol. The van der Waals surface area contributed by atoms with Gasteiger partial charge in [0.25, 0.3) is 0 Å².